The molecule has 0 aromatic heterocycles. The molecule has 1 saturated heterocycles. The van der Waals surface area contributed by atoms with Gasteiger partial charge in [0.2, 0.25) is 11.8 Å². The summed E-state index contributed by atoms with van der Waals surface area (Å²) in [4.78, 5) is 25.4. The lowest BCUT2D eigenvalue weighted by atomic mass is 10.2. The molecule has 1 aromatic rings. The SMILES string of the molecule is O=C(CSCC(=O)N1CCOCC1)NCc1cccc(Cl)c1. The lowest BCUT2D eigenvalue weighted by Gasteiger charge is -2.26. The molecule has 1 fully saturated rings. The maximum Gasteiger partial charge on any atom is 0.232 e. The Hall–Kier alpha value is -1.24. The van der Waals surface area contributed by atoms with Gasteiger partial charge in [-0.15, -0.1) is 11.8 Å². The maximum absolute atomic E-state index is 11.9. The molecule has 2 rings (SSSR count). The molecule has 120 valence electrons. The van der Waals surface area contributed by atoms with Crippen LogP contribution in [0.25, 0.3) is 0 Å². The second kappa shape index (κ2) is 9.02. The minimum atomic E-state index is -0.0836. The van der Waals surface area contributed by atoms with Crippen LogP contribution in [0.2, 0.25) is 5.02 Å². The van der Waals surface area contributed by atoms with Crippen LogP contribution in [0.1, 0.15) is 5.56 Å². The summed E-state index contributed by atoms with van der Waals surface area (Å²) in [5, 5.41) is 3.47. The summed E-state index contributed by atoms with van der Waals surface area (Å²) in [6.07, 6.45) is 0. The zero-order chi connectivity index (χ0) is 15.8. The number of rotatable bonds is 6. The first-order chi connectivity index (χ1) is 10.6. The van der Waals surface area contributed by atoms with Crippen molar-refractivity contribution in [1.29, 1.82) is 0 Å². The molecular weight excluding hydrogens is 324 g/mol. The number of thioether (sulfide) groups is 1. The number of benzene rings is 1. The van der Waals surface area contributed by atoms with Gasteiger partial charge in [0.15, 0.2) is 0 Å². The average Bonchev–Trinajstić information content (AvgIpc) is 2.54. The van der Waals surface area contributed by atoms with Crippen LogP contribution in [0.4, 0.5) is 0 Å². The molecule has 7 heteroatoms. The van der Waals surface area contributed by atoms with Crippen LogP contribution < -0.4 is 5.32 Å². The van der Waals surface area contributed by atoms with Gasteiger partial charge in [0, 0.05) is 24.7 Å². The molecule has 1 aliphatic heterocycles. The predicted octanol–water partition coefficient (Wildman–Crippen LogP) is 1.55. The van der Waals surface area contributed by atoms with Crippen LogP contribution in [-0.4, -0.2) is 54.5 Å². The largest absolute Gasteiger partial charge is 0.378 e. The fourth-order valence-corrected chi connectivity index (χ4v) is 2.99. The molecule has 1 heterocycles. The molecule has 0 saturated carbocycles. The number of nitrogens with one attached hydrogen (secondary N) is 1. The number of ether oxygens (including phenoxy) is 1. The summed E-state index contributed by atoms with van der Waals surface area (Å²) in [6.45, 7) is 2.91. The average molecular weight is 343 g/mol. The highest BCUT2D eigenvalue weighted by molar-refractivity contribution is 8.00. The molecule has 1 aliphatic rings. The Morgan fingerprint density at radius 1 is 1.27 bits per heavy atom. The van der Waals surface area contributed by atoms with E-state index in [-0.39, 0.29) is 17.6 Å². The second-order valence-electron chi connectivity index (χ2n) is 4.89. The molecule has 0 aliphatic carbocycles. The van der Waals surface area contributed by atoms with Gasteiger partial charge in [-0.3, -0.25) is 9.59 Å². The third kappa shape index (κ3) is 5.87. The first kappa shape index (κ1) is 17.1. The van der Waals surface area contributed by atoms with E-state index in [1.54, 1.807) is 11.0 Å². The van der Waals surface area contributed by atoms with Gasteiger partial charge in [-0.1, -0.05) is 23.7 Å². The highest BCUT2D eigenvalue weighted by Gasteiger charge is 2.16. The Kier molecular flexibility index (Phi) is 7.02. The summed E-state index contributed by atoms with van der Waals surface area (Å²) >= 11 is 7.22. The fourth-order valence-electron chi connectivity index (χ4n) is 2.03. The number of morpholine rings is 1. The van der Waals surface area contributed by atoms with Crippen LogP contribution in [0.15, 0.2) is 24.3 Å². The number of nitrogens with zero attached hydrogens (tertiary/aromatic N) is 1. The quantitative estimate of drug-likeness (QED) is 0.852. The van der Waals surface area contributed by atoms with Crippen LogP contribution >= 0.6 is 23.4 Å². The van der Waals surface area contributed by atoms with E-state index in [1.165, 1.54) is 11.8 Å². The fraction of sp³-hybridized carbons (Fsp3) is 0.467. The number of hydrogen-bond acceptors (Lipinski definition) is 4. The zero-order valence-electron chi connectivity index (χ0n) is 12.2. The van der Waals surface area contributed by atoms with Crippen LogP contribution in [-0.2, 0) is 20.9 Å². The topological polar surface area (TPSA) is 58.6 Å². The van der Waals surface area contributed by atoms with Gasteiger partial charge in [-0.2, -0.15) is 0 Å². The van der Waals surface area contributed by atoms with Gasteiger partial charge in [0.25, 0.3) is 0 Å². The van der Waals surface area contributed by atoms with E-state index in [4.69, 9.17) is 16.3 Å². The third-order valence-corrected chi connectivity index (χ3v) is 4.35. The third-order valence-electron chi connectivity index (χ3n) is 3.20. The smallest absolute Gasteiger partial charge is 0.232 e. The molecule has 5 nitrogen and oxygen atoms in total. The summed E-state index contributed by atoms with van der Waals surface area (Å²) in [5.74, 6) is 0.581. The highest BCUT2D eigenvalue weighted by Crippen LogP contribution is 2.10. The van der Waals surface area contributed by atoms with Crippen LogP contribution in [0.5, 0.6) is 0 Å². The summed E-state index contributed by atoms with van der Waals surface area (Å²) < 4.78 is 5.20. The Balaban J connectivity index is 1.62. The Bertz CT molecular complexity index is 521. The van der Waals surface area contributed by atoms with Crippen molar-refractivity contribution < 1.29 is 14.3 Å². The summed E-state index contributed by atoms with van der Waals surface area (Å²) in [5.41, 5.74) is 0.954. The van der Waals surface area contributed by atoms with Gasteiger partial charge < -0.3 is 15.0 Å². The minimum Gasteiger partial charge on any atom is -0.378 e. The van der Waals surface area contributed by atoms with Crippen molar-refractivity contribution in [3.8, 4) is 0 Å². The van der Waals surface area contributed by atoms with Crippen molar-refractivity contribution in [2.24, 2.45) is 0 Å². The molecule has 1 N–H and O–H groups in total. The van der Waals surface area contributed by atoms with E-state index in [9.17, 15) is 9.59 Å². The lowest BCUT2D eigenvalue weighted by Crippen LogP contribution is -2.41. The molecule has 0 radical (unpaired) electrons. The number of carbonyl (C=O) groups is 2. The standard InChI is InChI=1S/C15H19ClN2O3S/c16-13-3-1-2-12(8-13)9-17-14(19)10-22-11-15(20)18-4-6-21-7-5-18/h1-3,8H,4-7,9-11H2,(H,17,19). The van der Waals surface area contributed by atoms with Crippen LogP contribution in [0, 0.1) is 0 Å². The predicted molar refractivity (Wildman–Crippen MR) is 88.0 cm³/mol. The van der Waals surface area contributed by atoms with E-state index in [0.717, 1.165) is 5.56 Å². The van der Waals surface area contributed by atoms with E-state index in [2.05, 4.69) is 5.32 Å². The Labute approximate surface area is 139 Å². The van der Waals surface area contributed by atoms with Crippen molar-refractivity contribution >= 4 is 35.2 Å². The number of halogens is 1. The Morgan fingerprint density at radius 2 is 2.05 bits per heavy atom. The van der Waals surface area contributed by atoms with Crippen molar-refractivity contribution in [3.63, 3.8) is 0 Å². The van der Waals surface area contributed by atoms with Gasteiger partial charge in [0.05, 0.1) is 24.7 Å². The normalized spacial score (nSPS) is 14.7. The van der Waals surface area contributed by atoms with Gasteiger partial charge in [0.1, 0.15) is 0 Å². The van der Waals surface area contributed by atoms with E-state index >= 15 is 0 Å². The minimum absolute atomic E-state index is 0.0657. The monoisotopic (exact) mass is 342 g/mol. The van der Waals surface area contributed by atoms with Crippen molar-refractivity contribution in [3.05, 3.63) is 34.9 Å². The molecule has 1 aromatic carbocycles. The summed E-state index contributed by atoms with van der Waals surface area (Å²) in [7, 11) is 0. The number of hydrogen-bond donors (Lipinski definition) is 1. The maximum atomic E-state index is 11.9. The van der Waals surface area contributed by atoms with E-state index in [1.807, 2.05) is 18.2 Å². The van der Waals surface area contributed by atoms with Crippen molar-refractivity contribution in [2.45, 2.75) is 6.54 Å². The molecule has 0 unspecified atom stereocenters. The van der Waals surface area contributed by atoms with Gasteiger partial charge in [-0.05, 0) is 17.7 Å². The first-order valence-corrected chi connectivity index (χ1v) is 8.63. The molecule has 22 heavy (non-hydrogen) atoms. The molecule has 0 atom stereocenters. The molecule has 0 bridgehead atoms. The molecular formula is C15H19ClN2O3S. The van der Waals surface area contributed by atoms with Crippen molar-refractivity contribution in [1.82, 2.24) is 10.2 Å². The second-order valence-corrected chi connectivity index (χ2v) is 6.31. The molecule has 2 amide bonds. The zero-order valence-corrected chi connectivity index (χ0v) is 13.8. The van der Waals surface area contributed by atoms with E-state index < -0.39 is 0 Å². The van der Waals surface area contributed by atoms with Gasteiger partial charge >= 0.3 is 0 Å². The number of carbonyl (C=O) groups excluding carboxylic acids is 2. The van der Waals surface area contributed by atoms with Gasteiger partial charge in [-0.25, -0.2) is 0 Å². The Morgan fingerprint density at radius 3 is 2.77 bits per heavy atom. The highest BCUT2D eigenvalue weighted by atomic mass is 35.5. The lowest BCUT2D eigenvalue weighted by molar-refractivity contribution is -0.132. The molecule has 0 spiro atoms. The van der Waals surface area contributed by atoms with E-state index in [0.29, 0.717) is 43.6 Å². The van der Waals surface area contributed by atoms with Crippen LogP contribution in [0.3, 0.4) is 0 Å². The number of amides is 2. The summed E-state index contributed by atoms with van der Waals surface area (Å²) in [6, 6.07) is 7.36. The van der Waals surface area contributed by atoms with Crippen molar-refractivity contribution in [2.75, 3.05) is 37.8 Å². The first-order valence-electron chi connectivity index (χ1n) is 7.09.